The van der Waals surface area contributed by atoms with Crippen LogP contribution in [0.4, 0.5) is 0 Å². The Balaban J connectivity index is 2.18. The molecule has 2 aromatic rings. The lowest BCUT2D eigenvalue weighted by Crippen LogP contribution is -2.44. The summed E-state index contributed by atoms with van der Waals surface area (Å²) >= 11 is 0. The van der Waals surface area contributed by atoms with Crippen molar-refractivity contribution in [2.45, 2.75) is 38.9 Å². The van der Waals surface area contributed by atoms with E-state index in [2.05, 4.69) is 6.58 Å². The fraction of sp³-hybridized carbons (Fsp3) is 0.444. The zero-order valence-electron chi connectivity index (χ0n) is 21.6. The molecule has 9 heteroatoms. The van der Waals surface area contributed by atoms with Crippen molar-refractivity contribution < 1.29 is 43.1 Å². The molecule has 0 bridgehead atoms. The molecule has 0 radical (unpaired) electrons. The molecule has 2 aliphatic rings. The summed E-state index contributed by atoms with van der Waals surface area (Å²) in [5.41, 5.74) is 1.18. The van der Waals surface area contributed by atoms with Gasteiger partial charge in [-0.25, -0.2) is 4.79 Å². The van der Waals surface area contributed by atoms with Crippen LogP contribution in [0, 0.1) is 5.92 Å². The first kappa shape index (κ1) is 25.5. The first-order valence-electron chi connectivity index (χ1n) is 11.5. The average Bonchev–Trinajstić information content (AvgIpc) is 3.32. The molecule has 1 aliphatic carbocycles. The van der Waals surface area contributed by atoms with Gasteiger partial charge in [0.1, 0.15) is 5.60 Å². The number of benzene rings is 2. The van der Waals surface area contributed by atoms with Crippen molar-refractivity contribution in [3.05, 3.63) is 35.4 Å². The van der Waals surface area contributed by atoms with Crippen LogP contribution in [0.25, 0.3) is 11.1 Å². The molecule has 0 aromatic heterocycles. The normalized spacial score (nSPS) is 21.9. The third-order valence-electron chi connectivity index (χ3n) is 6.93. The smallest absolute Gasteiger partial charge is 0.333 e. The number of methoxy groups -OCH3 is 4. The third kappa shape index (κ3) is 3.87. The van der Waals surface area contributed by atoms with Gasteiger partial charge in [0.2, 0.25) is 18.3 Å². The lowest BCUT2D eigenvalue weighted by molar-refractivity contribution is -0.166. The Morgan fingerprint density at radius 1 is 1.03 bits per heavy atom. The van der Waals surface area contributed by atoms with Gasteiger partial charge in [-0.2, -0.15) is 0 Å². The van der Waals surface area contributed by atoms with Gasteiger partial charge in [0.25, 0.3) is 0 Å². The van der Waals surface area contributed by atoms with E-state index in [0.717, 1.165) is 5.56 Å². The van der Waals surface area contributed by atoms with E-state index in [9.17, 15) is 9.90 Å². The third-order valence-corrected chi connectivity index (χ3v) is 6.93. The van der Waals surface area contributed by atoms with Gasteiger partial charge in [0.05, 0.1) is 28.4 Å². The molecular formula is C27H32O9. The molecular weight excluding hydrogens is 468 g/mol. The lowest BCUT2D eigenvalue weighted by Gasteiger charge is -2.41. The van der Waals surface area contributed by atoms with Gasteiger partial charge in [-0.3, -0.25) is 0 Å². The minimum atomic E-state index is -1.49. The van der Waals surface area contributed by atoms with Gasteiger partial charge in [-0.1, -0.05) is 13.5 Å². The summed E-state index contributed by atoms with van der Waals surface area (Å²) in [6, 6.07) is 3.57. The highest BCUT2D eigenvalue weighted by molar-refractivity contribution is 5.90. The van der Waals surface area contributed by atoms with Crippen LogP contribution >= 0.6 is 0 Å². The molecule has 0 amide bonds. The topological polar surface area (TPSA) is 102 Å². The fourth-order valence-electron chi connectivity index (χ4n) is 4.83. The minimum Gasteiger partial charge on any atom is -0.493 e. The maximum Gasteiger partial charge on any atom is 0.333 e. The second-order valence-electron chi connectivity index (χ2n) is 9.18. The van der Waals surface area contributed by atoms with E-state index in [1.807, 2.05) is 13.0 Å². The first-order chi connectivity index (χ1) is 17.1. The Morgan fingerprint density at radius 3 is 2.28 bits per heavy atom. The molecule has 1 heterocycles. The number of carbonyl (C=O) groups is 1. The maximum atomic E-state index is 12.8. The monoisotopic (exact) mass is 500 g/mol. The molecule has 2 aromatic carbocycles. The Kier molecular flexibility index (Phi) is 6.70. The number of aliphatic hydroxyl groups is 1. The Bertz CT molecular complexity index is 1210. The summed E-state index contributed by atoms with van der Waals surface area (Å²) < 4.78 is 40.4. The molecule has 1 N–H and O–H groups in total. The van der Waals surface area contributed by atoms with Crippen molar-refractivity contribution in [3.8, 4) is 45.6 Å². The van der Waals surface area contributed by atoms with Gasteiger partial charge in [-0.15, -0.1) is 0 Å². The summed E-state index contributed by atoms with van der Waals surface area (Å²) in [5, 5.41) is 11.9. The molecule has 9 nitrogen and oxygen atoms in total. The van der Waals surface area contributed by atoms with E-state index in [1.165, 1.54) is 21.3 Å². The first-order valence-corrected chi connectivity index (χ1v) is 11.5. The van der Waals surface area contributed by atoms with Crippen LogP contribution in [0.1, 0.15) is 38.0 Å². The predicted molar refractivity (Wildman–Crippen MR) is 131 cm³/mol. The van der Waals surface area contributed by atoms with Gasteiger partial charge in [0, 0.05) is 22.3 Å². The van der Waals surface area contributed by atoms with Crippen molar-refractivity contribution in [1.29, 1.82) is 0 Å². The standard InChI is InChI=1S/C27H32O9/c1-13(2)26(28)36-25-16-11-17(30-5)21(31-6)24(33-8)20(16)19-15(9-14(3)27(25,4)29)10-18-22(23(19)32-7)35-12-34-18/h10-11,14,25,29H,1,9,12H2,2-8H3/t14-,25-,27-/m0/s1. The van der Waals surface area contributed by atoms with Crippen LogP contribution in [0.5, 0.6) is 34.5 Å². The zero-order valence-corrected chi connectivity index (χ0v) is 21.6. The maximum absolute atomic E-state index is 12.8. The summed E-state index contributed by atoms with van der Waals surface area (Å²) in [4.78, 5) is 12.8. The van der Waals surface area contributed by atoms with Crippen LogP contribution in [-0.2, 0) is 16.0 Å². The van der Waals surface area contributed by atoms with E-state index in [0.29, 0.717) is 57.6 Å². The van der Waals surface area contributed by atoms with Crippen molar-refractivity contribution in [3.63, 3.8) is 0 Å². The van der Waals surface area contributed by atoms with Crippen molar-refractivity contribution in [2.24, 2.45) is 5.92 Å². The second kappa shape index (κ2) is 9.46. The van der Waals surface area contributed by atoms with E-state index in [1.54, 1.807) is 27.0 Å². The average molecular weight is 501 g/mol. The second-order valence-corrected chi connectivity index (χ2v) is 9.18. The highest BCUT2D eigenvalue weighted by Crippen LogP contribution is 2.59. The largest absolute Gasteiger partial charge is 0.493 e. The summed E-state index contributed by atoms with van der Waals surface area (Å²) in [6.07, 6.45) is -0.698. The van der Waals surface area contributed by atoms with E-state index < -0.39 is 17.7 Å². The van der Waals surface area contributed by atoms with E-state index >= 15 is 0 Å². The number of ether oxygens (including phenoxy) is 7. The number of rotatable bonds is 6. The molecule has 194 valence electrons. The number of carbonyl (C=O) groups excluding carboxylic acids is 1. The van der Waals surface area contributed by atoms with Crippen LogP contribution in [-0.4, -0.2) is 51.9 Å². The highest BCUT2D eigenvalue weighted by Gasteiger charge is 2.47. The highest BCUT2D eigenvalue weighted by atomic mass is 16.7. The summed E-state index contributed by atoms with van der Waals surface area (Å²) in [5.74, 6) is 1.44. The Labute approximate surface area is 210 Å². The molecule has 36 heavy (non-hydrogen) atoms. The molecule has 0 unspecified atom stereocenters. The van der Waals surface area contributed by atoms with Gasteiger partial charge in [-0.05, 0) is 43.9 Å². The molecule has 4 rings (SSSR count). The summed E-state index contributed by atoms with van der Waals surface area (Å²) in [7, 11) is 6.05. The van der Waals surface area contributed by atoms with Crippen LogP contribution in [0.15, 0.2) is 24.3 Å². The number of hydrogen-bond acceptors (Lipinski definition) is 9. The predicted octanol–water partition coefficient (Wildman–Crippen LogP) is 4.22. The van der Waals surface area contributed by atoms with Crippen LogP contribution in [0.3, 0.4) is 0 Å². The fourth-order valence-corrected chi connectivity index (χ4v) is 4.83. The Morgan fingerprint density at radius 2 is 1.69 bits per heavy atom. The number of fused-ring (bicyclic) bond motifs is 4. The van der Waals surface area contributed by atoms with Crippen LogP contribution in [0.2, 0.25) is 0 Å². The van der Waals surface area contributed by atoms with Crippen molar-refractivity contribution >= 4 is 5.97 Å². The lowest BCUT2D eigenvalue weighted by atomic mass is 9.73. The van der Waals surface area contributed by atoms with Crippen molar-refractivity contribution in [1.82, 2.24) is 0 Å². The van der Waals surface area contributed by atoms with Gasteiger partial charge < -0.3 is 38.3 Å². The van der Waals surface area contributed by atoms with E-state index in [4.69, 9.17) is 33.2 Å². The Hall–Kier alpha value is -3.59. The van der Waals surface area contributed by atoms with Crippen LogP contribution < -0.4 is 28.4 Å². The zero-order chi connectivity index (χ0) is 26.4. The molecule has 3 atom stereocenters. The minimum absolute atomic E-state index is 0.0522. The van der Waals surface area contributed by atoms with Gasteiger partial charge >= 0.3 is 5.97 Å². The number of esters is 1. The quantitative estimate of drug-likeness (QED) is 0.461. The summed E-state index contributed by atoms with van der Waals surface area (Å²) in [6.45, 7) is 8.86. The molecule has 0 saturated carbocycles. The molecule has 1 aliphatic heterocycles. The van der Waals surface area contributed by atoms with E-state index in [-0.39, 0.29) is 18.3 Å². The molecule has 0 saturated heterocycles. The molecule has 0 spiro atoms. The number of hydrogen-bond donors (Lipinski definition) is 1. The molecule has 0 fully saturated rings. The van der Waals surface area contributed by atoms with Gasteiger partial charge in [0.15, 0.2) is 29.1 Å². The SMILES string of the molecule is C=C(C)C(=O)O[C@H]1c2cc(OC)c(OC)c(OC)c2-c2c(cc3c(c2OC)OCO3)C[C@H](C)[C@]1(C)O. The van der Waals surface area contributed by atoms with Crippen molar-refractivity contribution in [2.75, 3.05) is 35.2 Å².